The Morgan fingerprint density at radius 2 is 1.86 bits per heavy atom. The van der Waals surface area contributed by atoms with Crippen LogP contribution in [0.1, 0.15) is 17.5 Å². The predicted molar refractivity (Wildman–Crippen MR) is 82.6 cm³/mol. The Kier molecular flexibility index (Phi) is 4.82. The van der Waals surface area contributed by atoms with E-state index in [4.69, 9.17) is 5.11 Å². The Morgan fingerprint density at radius 1 is 1.14 bits per heavy atom. The number of hydrogen-bond donors (Lipinski definition) is 2. The van der Waals surface area contributed by atoms with Gasteiger partial charge >= 0.3 is 5.97 Å². The molecule has 21 heavy (non-hydrogen) atoms. The zero-order valence-electron chi connectivity index (χ0n) is 12.0. The number of phenolic OH excluding ortho intramolecular Hbond substituents is 1. The van der Waals surface area contributed by atoms with Crippen LogP contribution >= 0.6 is 0 Å². The normalized spacial score (nSPS) is 10.3. The molecule has 2 aromatic rings. The van der Waals surface area contributed by atoms with Crippen molar-refractivity contribution in [1.29, 1.82) is 0 Å². The molecule has 110 valence electrons. The fourth-order valence-corrected chi connectivity index (χ4v) is 2.16. The van der Waals surface area contributed by atoms with E-state index in [1.807, 2.05) is 42.2 Å². The number of hydrogen-bond acceptors (Lipinski definition) is 3. The first-order valence-electron chi connectivity index (χ1n) is 6.86. The number of aryl methyl sites for hydroxylation is 1. The van der Waals surface area contributed by atoms with Crippen molar-refractivity contribution in [3.8, 4) is 5.75 Å². The van der Waals surface area contributed by atoms with Gasteiger partial charge in [-0.25, -0.2) is 0 Å². The first-order valence-corrected chi connectivity index (χ1v) is 6.86. The molecule has 0 aliphatic heterocycles. The van der Waals surface area contributed by atoms with Gasteiger partial charge in [0.2, 0.25) is 0 Å². The fourth-order valence-electron chi connectivity index (χ4n) is 2.16. The van der Waals surface area contributed by atoms with Gasteiger partial charge in [0.1, 0.15) is 5.75 Å². The van der Waals surface area contributed by atoms with Crippen LogP contribution in [0.5, 0.6) is 5.75 Å². The van der Waals surface area contributed by atoms with Crippen LogP contribution in [0.15, 0.2) is 48.5 Å². The number of aliphatic carboxylic acids is 1. The zero-order chi connectivity index (χ0) is 15.2. The molecule has 0 saturated carbocycles. The molecular formula is C17H19NO3. The SMILES string of the molecule is Cc1ccc(N(CCC(=O)O)Cc2cccc(O)c2)cc1. The number of rotatable bonds is 6. The number of aromatic hydroxyl groups is 1. The van der Waals surface area contributed by atoms with Crippen LogP contribution in [0.4, 0.5) is 5.69 Å². The number of anilines is 1. The minimum Gasteiger partial charge on any atom is -0.508 e. The molecule has 2 rings (SSSR count). The van der Waals surface area contributed by atoms with Crippen molar-refractivity contribution in [2.45, 2.75) is 19.9 Å². The van der Waals surface area contributed by atoms with Gasteiger partial charge in [0, 0.05) is 18.8 Å². The summed E-state index contributed by atoms with van der Waals surface area (Å²) in [7, 11) is 0. The van der Waals surface area contributed by atoms with E-state index in [9.17, 15) is 9.90 Å². The van der Waals surface area contributed by atoms with Crippen molar-refractivity contribution in [3.63, 3.8) is 0 Å². The molecule has 0 aliphatic rings. The number of benzene rings is 2. The van der Waals surface area contributed by atoms with Gasteiger partial charge < -0.3 is 15.1 Å². The molecule has 0 spiro atoms. The molecule has 0 saturated heterocycles. The summed E-state index contributed by atoms with van der Waals surface area (Å²) in [5, 5.41) is 18.4. The largest absolute Gasteiger partial charge is 0.508 e. The van der Waals surface area contributed by atoms with E-state index < -0.39 is 5.97 Å². The van der Waals surface area contributed by atoms with Crippen LogP contribution < -0.4 is 4.90 Å². The Morgan fingerprint density at radius 3 is 2.48 bits per heavy atom. The summed E-state index contributed by atoms with van der Waals surface area (Å²) >= 11 is 0. The van der Waals surface area contributed by atoms with Crippen molar-refractivity contribution >= 4 is 11.7 Å². The van der Waals surface area contributed by atoms with Crippen LogP contribution in [-0.2, 0) is 11.3 Å². The van der Waals surface area contributed by atoms with Crippen molar-refractivity contribution < 1.29 is 15.0 Å². The van der Waals surface area contributed by atoms with Gasteiger partial charge in [-0.1, -0.05) is 29.8 Å². The third kappa shape index (κ3) is 4.53. The second-order valence-electron chi connectivity index (χ2n) is 5.07. The Bertz CT molecular complexity index is 608. The molecule has 0 fully saturated rings. The molecular weight excluding hydrogens is 266 g/mol. The molecule has 0 aromatic heterocycles. The first kappa shape index (κ1) is 14.9. The molecule has 0 atom stereocenters. The number of carboxylic acids is 1. The fraction of sp³-hybridized carbons (Fsp3) is 0.235. The Hall–Kier alpha value is -2.49. The lowest BCUT2D eigenvalue weighted by atomic mass is 10.1. The number of carbonyl (C=O) groups is 1. The van der Waals surface area contributed by atoms with Crippen LogP contribution in [0.3, 0.4) is 0 Å². The van der Waals surface area contributed by atoms with Crippen molar-refractivity contribution in [3.05, 3.63) is 59.7 Å². The predicted octanol–water partition coefficient (Wildman–Crippen LogP) is 3.18. The standard InChI is InChI=1S/C17H19NO3/c1-13-5-7-15(8-6-13)18(10-9-17(20)21)12-14-3-2-4-16(19)11-14/h2-8,11,19H,9-10,12H2,1H3,(H,20,21). The quantitative estimate of drug-likeness (QED) is 0.855. The molecule has 4 heteroatoms. The summed E-state index contributed by atoms with van der Waals surface area (Å²) in [5.74, 6) is -0.599. The van der Waals surface area contributed by atoms with Crippen molar-refractivity contribution in [1.82, 2.24) is 0 Å². The zero-order valence-corrected chi connectivity index (χ0v) is 12.0. The van der Waals surface area contributed by atoms with Gasteiger partial charge in [-0.3, -0.25) is 4.79 Å². The highest BCUT2D eigenvalue weighted by molar-refractivity contribution is 5.67. The van der Waals surface area contributed by atoms with Gasteiger partial charge in [0.05, 0.1) is 6.42 Å². The van der Waals surface area contributed by atoms with Gasteiger partial charge in [-0.2, -0.15) is 0 Å². The molecule has 0 unspecified atom stereocenters. The maximum Gasteiger partial charge on any atom is 0.305 e. The number of nitrogens with zero attached hydrogens (tertiary/aromatic N) is 1. The summed E-state index contributed by atoms with van der Waals surface area (Å²) in [4.78, 5) is 12.8. The second-order valence-corrected chi connectivity index (χ2v) is 5.07. The van der Waals surface area contributed by atoms with Crippen LogP contribution in [0, 0.1) is 6.92 Å². The average molecular weight is 285 g/mol. The summed E-state index contributed by atoms with van der Waals surface area (Å²) < 4.78 is 0. The second kappa shape index (κ2) is 6.79. The monoisotopic (exact) mass is 285 g/mol. The Balaban J connectivity index is 2.19. The maximum absolute atomic E-state index is 10.8. The molecule has 0 aliphatic carbocycles. The van der Waals surface area contributed by atoms with Gasteiger partial charge in [0.15, 0.2) is 0 Å². The van der Waals surface area contributed by atoms with Crippen molar-refractivity contribution in [2.24, 2.45) is 0 Å². The molecule has 0 bridgehead atoms. The topological polar surface area (TPSA) is 60.8 Å². The van der Waals surface area contributed by atoms with E-state index in [2.05, 4.69) is 0 Å². The molecule has 0 heterocycles. The third-order valence-corrected chi connectivity index (χ3v) is 3.28. The van der Waals surface area contributed by atoms with E-state index in [-0.39, 0.29) is 12.2 Å². The van der Waals surface area contributed by atoms with E-state index >= 15 is 0 Å². The van der Waals surface area contributed by atoms with Gasteiger partial charge in [-0.15, -0.1) is 0 Å². The lowest BCUT2D eigenvalue weighted by Crippen LogP contribution is -2.25. The Labute approximate surface area is 124 Å². The summed E-state index contributed by atoms with van der Waals surface area (Å²) in [5.41, 5.74) is 3.08. The van der Waals surface area contributed by atoms with Gasteiger partial charge in [-0.05, 0) is 36.8 Å². The van der Waals surface area contributed by atoms with Gasteiger partial charge in [0.25, 0.3) is 0 Å². The first-order chi connectivity index (χ1) is 10.0. The van der Waals surface area contributed by atoms with Crippen LogP contribution in [0.25, 0.3) is 0 Å². The summed E-state index contributed by atoms with van der Waals surface area (Å²) in [6.07, 6.45) is 0.0761. The highest BCUT2D eigenvalue weighted by atomic mass is 16.4. The summed E-state index contributed by atoms with van der Waals surface area (Å²) in [6.45, 7) is 3.00. The van der Waals surface area contributed by atoms with E-state index in [1.165, 1.54) is 0 Å². The number of phenols is 1. The van der Waals surface area contributed by atoms with Crippen molar-refractivity contribution in [2.75, 3.05) is 11.4 Å². The molecule has 0 amide bonds. The number of carboxylic acid groups (broad SMARTS) is 1. The minimum absolute atomic E-state index is 0.0761. The smallest absolute Gasteiger partial charge is 0.305 e. The van der Waals surface area contributed by atoms with Crippen LogP contribution in [-0.4, -0.2) is 22.7 Å². The van der Waals surface area contributed by atoms with E-state index in [1.54, 1.807) is 18.2 Å². The highest BCUT2D eigenvalue weighted by Crippen LogP contribution is 2.20. The maximum atomic E-state index is 10.8. The van der Waals surface area contributed by atoms with E-state index in [0.29, 0.717) is 13.1 Å². The molecule has 0 radical (unpaired) electrons. The minimum atomic E-state index is -0.817. The highest BCUT2D eigenvalue weighted by Gasteiger charge is 2.10. The van der Waals surface area contributed by atoms with E-state index in [0.717, 1.165) is 16.8 Å². The molecule has 4 nitrogen and oxygen atoms in total. The lowest BCUT2D eigenvalue weighted by Gasteiger charge is -2.24. The third-order valence-electron chi connectivity index (χ3n) is 3.28. The summed E-state index contributed by atoms with van der Waals surface area (Å²) in [6, 6.07) is 15.0. The molecule has 2 aromatic carbocycles. The van der Waals surface area contributed by atoms with Crippen LogP contribution in [0.2, 0.25) is 0 Å². The average Bonchev–Trinajstić information content (AvgIpc) is 2.44. The lowest BCUT2D eigenvalue weighted by molar-refractivity contribution is -0.136. The molecule has 2 N–H and O–H groups in total.